The molecular weight excluding hydrogens is 380 g/mol. The lowest BCUT2D eigenvalue weighted by Crippen LogP contribution is -2.51. The fourth-order valence-electron chi connectivity index (χ4n) is 4.33. The van der Waals surface area contributed by atoms with E-state index in [0.29, 0.717) is 18.7 Å². The van der Waals surface area contributed by atoms with Crippen LogP contribution >= 0.6 is 0 Å². The molecule has 2 aliphatic rings. The van der Waals surface area contributed by atoms with Crippen molar-refractivity contribution in [1.29, 1.82) is 0 Å². The first-order valence-corrected chi connectivity index (χ1v) is 9.53. The summed E-state index contributed by atoms with van der Waals surface area (Å²) in [7, 11) is 0. The number of quaternary nitrogens is 1. The van der Waals surface area contributed by atoms with E-state index in [0.717, 1.165) is 29.7 Å². The standard InChI is InChI=1S/C20H19F2N5O2/c21-18(22)20-25-24-19(29-20)13-6-7-14-11-27(28,12-15(14)10-13)26-9-3-5-17(26)16-4-1-2-8-23-16/h1-2,4,6-8,10,17-18H,3,5,9,11-12H2. The summed E-state index contributed by atoms with van der Waals surface area (Å²) < 4.78 is 30.0. The number of hydroxylamine groups is 2. The Bertz CT molecular complexity index is 1030. The summed E-state index contributed by atoms with van der Waals surface area (Å²) in [6, 6.07) is 11.1. The van der Waals surface area contributed by atoms with Crippen LogP contribution in [0.2, 0.25) is 0 Å². The third-order valence-electron chi connectivity index (χ3n) is 5.64. The van der Waals surface area contributed by atoms with E-state index in [1.807, 2.05) is 29.3 Å². The third kappa shape index (κ3) is 3.21. The van der Waals surface area contributed by atoms with Gasteiger partial charge in [0.15, 0.2) is 0 Å². The highest BCUT2D eigenvalue weighted by Gasteiger charge is 2.42. The summed E-state index contributed by atoms with van der Waals surface area (Å²) in [6.45, 7) is 1.33. The number of alkyl halides is 2. The second kappa shape index (κ2) is 6.94. The molecule has 5 rings (SSSR count). The van der Waals surface area contributed by atoms with Crippen molar-refractivity contribution in [3.05, 3.63) is 70.5 Å². The van der Waals surface area contributed by atoms with Gasteiger partial charge in [-0.15, -0.1) is 15.2 Å². The number of rotatable bonds is 4. The minimum absolute atomic E-state index is 0.00739. The number of hydrogen-bond acceptors (Lipinski definition) is 6. The number of hydrogen-bond donors (Lipinski definition) is 0. The van der Waals surface area contributed by atoms with Crippen molar-refractivity contribution >= 4 is 0 Å². The van der Waals surface area contributed by atoms with E-state index in [1.165, 1.54) is 0 Å². The molecule has 2 atom stereocenters. The zero-order chi connectivity index (χ0) is 20.0. The molecule has 1 aromatic carbocycles. The quantitative estimate of drug-likeness (QED) is 0.484. The van der Waals surface area contributed by atoms with Gasteiger partial charge in [-0.05, 0) is 37.1 Å². The van der Waals surface area contributed by atoms with Gasteiger partial charge < -0.3 is 9.62 Å². The summed E-state index contributed by atoms with van der Waals surface area (Å²) >= 11 is 0. The smallest absolute Gasteiger partial charge is 0.314 e. The van der Waals surface area contributed by atoms with Gasteiger partial charge in [0, 0.05) is 29.4 Å². The van der Waals surface area contributed by atoms with Gasteiger partial charge >= 0.3 is 6.43 Å². The monoisotopic (exact) mass is 399 g/mol. The van der Waals surface area contributed by atoms with Crippen LogP contribution in [0.3, 0.4) is 0 Å². The average Bonchev–Trinajstić information content (AvgIpc) is 3.45. The van der Waals surface area contributed by atoms with Gasteiger partial charge in [0.2, 0.25) is 5.89 Å². The summed E-state index contributed by atoms with van der Waals surface area (Å²) in [5.41, 5.74) is 3.28. The van der Waals surface area contributed by atoms with E-state index in [9.17, 15) is 14.0 Å². The molecule has 0 aliphatic carbocycles. The maximum atomic E-state index is 13.8. The van der Waals surface area contributed by atoms with Crippen LogP contribution in [0.5, 0.6) is 0 Å². The second-order valence-electron chi connectivity index (χ2n) is 7.47. The van der Waals surface area contributed by atoms with E-state index in [2.05, 4.69) is 15.2 Å². The molecule has 1 fully saturated rings. The largest absolute Gasteiger partial charge is 0.611 e. The van der Waals surface area contributed by atoms with Gasteiger partial charge in [0.05, 0.1) is 5.69 Å². The SMILES string of the molecule is [O-][N+]1(N2CCCC2c2ccccn2)Cc2ccc(-c3nnc(C(F)F)o3)cc2C1. The minimum atomic E-state index is -2.81. The van der Waals surface area contributed by atoms with Gasteiger partial charge in [0.1, 0.15) is 19.1 Å². The molecule has 0 spiro atoms. The van der Waals surface area contributed by atoms with Crippen LogP contribution < -0.4 is 0 Å². The lowest BCUT2D eigenvalue weighted by molar-refractivity contribution is -1.01. The Kier molecular flexibility index (Phi) is 4.38. The summed E-state index contributed by atoms with van der Waals surface area (Å²) in [6.07, 6.45) is 0.794. The molecule has 4 heterocycles. The number of nitrogens with zero attached hydrogens (tertiary/aromatic N) is 5. The number of halogens is 2. The fraction of sp³-hybridized carbons (Fsp3) is 0.350. The van der Waals surface area contributed by atoms with E-state index in [1.54, 1.807) is 18.3 Å². The molecule has 7 nitrogen and oxygen atoms in total. The molecule has 0 bridgehead atoms. The highest BCUT2D eigenvalue weighted by atomic mass is 19.3. The summed E-state index contributed by atoms with van der Waals surface area (Å²) in [5.74, 6) is -0.670. The van der Waals surface area contributed by atoms with Crippen LogP contribution in [-0.2, 0) is 13.1 Å². The Morgan fingerprint density at radius 2 is 2.00 bits per heavy atom. The van der Waals surface area contributed by atoms with E-state index in [4.69, 9.17) is 4.42 Å². The number of aromatic nitrogens is 3. The van der Waals surface area contributed by atoms with Gasteiger partial charge in [-0.1, -0.05) is 12.1 Å². The van der Waals surface area contributed by atoms with E-state index < -0.39 is 17.1 Å². The zero-order valence-corrected chi connectivity index (χ0v) is 15.5. The van der Waals surface area contributed by atoms with Crippen LogP contribution in [0.1, 0.15) is 48.0 Å². The molecule has 1 saturated heterocycles. The van der Waals surface area contributed by atoms with Crippen molar-refractivity contribution in [3.63, 3.8) is 0 Å². The van der Waals surface area contributed by atoms with Crippen LogP contribution in [0, 0.1) is 5.21 Å². The number of benzene rings is 1. The third-order valence-corrected chi connectivity index (χ3v) is 5.64. The van der Waals surface area contributed by atoms with Gasteiger partial charge in [0.25, 0.3) is 5.89 Å². The van der Waals surface area contributed by atoms with Crippen LogP contribution in [0.4, 0.5) is 8.78 Å². The van der Waals surface area contributed by atoms with Crippen molar-refractivity contribution in [1.82, 2.24) is 20.2 Å². The van der Waals surface area contributed by atoms with Gasteiger partial charge in [-0.3, -0.25) is 9.74 Å². The van der Waals surface area contributed by atoms with E-state index >= 15 is 0 Å². The molecule has 9 heteroatoms. The van der Waals surface area contributed by atoms with Crippen molar-refractivity contribution in [2.24, 2.45) is 0 Å². The molecule has 0 amide bonds. The predicted octanol–water partition coefficient (Wildman–Crippen LogP) is 4.15. The normalized spacial score (nSPS) is 24.3. The zero-order valence-electron chi connectivity index (χ0n) is 15.5. The Morgan fingerprint density at radius 1 is 1.14 bits per heavy atom. The Balaban J connectivity index is 1.41. The Labute approximate surface area is 165 Å². The molecule has 0 radical (unpaired) electrons. The second-order valence-corrected chi connectivity index (χ2v) is 7.47. The maximum Gasteiger partial charge on any atom is 0.314 e. The van der Waals surface area contributed by atoms with Gasteiger partial charge in [-0.25, -0.2) is 0 Å². The lowest BCUT2D eigenvalue weighted by Gasteiger charge is -2.47. The first-order chi connectivity index (χ1) is 14.0. The highest BCUT2D eigenvalue weighted by Crippen LogP contribution is 2.41. The maximum absolute atomic E-state index is 13.8. The molecular formula is C20H19F2N5O2. The summed E-state index contributed by atoms with van der Waals surface area (Å²) in [4.78, 5) is 4.45. The highest BCUT2D eigenvalue weighted by molar-refractivity contribution is 5.55. The predicted molar refractivity (Wildman–Crippen MR) is 98.6 cm³/mol. The molecule has 2 aromatic heterocycles. The van der Waals surface area contributed by atoms with E-state index in [-0.39, 0.29) is 18.5 Å². The summed E-state index contributed by atoms with van der Waals surface area (Å²) in [5, 5.41) is 22.8. The van der Waals surface area contributed by atoms with Crippen molar-refractivity contribution in [3.8, 4) is 11.5 Å². The first kappa shape index (κ1) is 18.3. The van der Waals surface area contributed by atoms with Crippen molar-refractivity contribution in [2.75, 3.05) is 6.54 Å². The molecule has 150 valence electrons. The molecule has 29 heavy (non-hydrogen) atoms. The molecule has 0 saturated carbocycles. The fourth-order valence-corrected chi connectivity index (χ4v) is 4.33. The molecule has 0 N–H and O–H groups in total. The Morgan fingerprint density at radius 3 is 2.76 bits per heavy atom. The Hall–Kier alpha value is -2.75. The van der Waals surface area contributed by atoms with Crippen LogP contribution in [0.25, 0.3) is 11.5 Å². The van der Waals surface area contributed by atoms with Crippen LogP contribution in [0.15, 0.2) is 47.0 Å². The molecule has 2 aliphatic heterocycles. The topological polar surface area (TPSA) is 78.1 Å². The van der Waals surface area contributed by atoms with Gasteiger partial charge in [-0.2, -0.15) is 8.78 Å². The first-order valence-electron chi connectivity index (χ1n) is 9.53. The molecule has 2 unspecified atom stereocenters. The van der Waals surface area contributed by atoms with Crippen molar-refractivity contribution < 1.29 is 18.0 Å². The average molecular weight is 399 g/mol. The number of pyridine rings is 1. The van der Waals surface area contributed by atoms with Crippen LogP contribution in [-0.4, -0.2) is 31.5 Å². The number of fused-ring (bicyclic) bond motifs is 1. The minimum Gasteiger partial charge on any atom is -0.611 e. The lowest BCUT2D eigenvalue weighted by atomic mass is 10.1. The van der Waals surface area contributed by atoms with Crippen molar-refractivity contribution in [2.45, 2.75) is 38.4 Å². The molecule has 3 aromatic rings.